The second-order valence-corrected chi connectivity index (χ2v) is 7.60. The molecule has 0 bridgehead atoms. The van der Waals surface area contributed by atoms with Crippen LogP contribution < -0.4 is 5.32 Å². The number of nitrogens with zero attached hydrogens (tertiary/aromatic N) is 3. The third-order valence-corrected chi connectivity index (χ3v) is 5.92. The quantitative estimate of drug-likeness (QED) is 0.854. The summed E-state index contributed by atoms with van der Waals surface area (Å²) in [5, 5.41) is 7.71. The summed E-state index contributed by atoms with van der Waals surface area (Å²) in [7, 11) is 0. The van der Waals surface area contributed by atoms with Crippen molar-refractivity contribution in [3.05, 3.63) is 11.7 Å². The van der Waals surface area contributed by atoms with Gasteiger partial charge in [-0.3, -0.25) is 10.1 Å². The largest absolute Gasteiger partial charge is 0.340 e. The molecule has 25 heavy (non-hydrogen) atoms. The van der Waals surface area contributed by atoms with Crippen molar-refractivity contribution in [2.75, 3.05) is 13.1 Å². The second-order valence-electron chi connectivity index (χ2n) is 7.60. The summed E-state index contributed by atoms with van der Waals surface area (Å²) in [5.74, 6) is 1.52. The molecule has 140 valence electrons. The van der Waals surface area contributed by atoms with Crippen LogP contribution >= 0.6 is 0 Å². The number of hydrogen-bond donors (Lipinski definition) is 1. The van der Waals surface area contributed by atoms with Crippen molar-refractivity contribution in [2.45, 2.75) is 89.6 Å². The topological polar surface area (TPSA) is 71.3 Å². The van der Waals surface area contributed by atoms with Crippen LogP contribution in [0.3, 0.4) is 0 Å². The van der Waals surface area contributed by atoms with Gasteiger partial charge in [-0.15, -0.1) is 0 Å². The molecule has 0 unspecified atom stereocenters. The third kappa shape index (κ3) is 4.22. The summed E-state index contributed by atoms with van der Waals surface area (Å²) in [6.07, 6.45) is 11.5. The van der Waals surface area contributed by atoms with E-state index in [-0.39, 0.29) is 11.4 Å². The fraction of sp³-hybridized carbons (Fsp3) is 0.842. The molecule has 6 heteroatoms. The number of carbonyl (C=O) groups excluding carboxylic acids is 1. The predicted molar refractivity (Wildman–Crippen MR) is 96.1 cm³/mol. The van der Waals surface area contributed by atoms with Gasteiger partial charge in [-0.2, -0.15) is 4.98 Å². The average Bonchev–Trinajstić information content (AvgIpc) is 3.09. The van der Waals surface area contributed by atoms with Crippen LogP contribution in [-0.2, 0) is 10.3 Å². The van der Waals surface area contributed by atoms with E-state index in [1.165, 1.54) is 25.7 Å². The number of aromatic nitrogens is 2. The fourth-order valence-corrected chi connectivity index (χ4v) is 4.51. The molecule has 1 aromatic rings. The Hall–Kier alpha value is -1.43. The summed E-state index contributed by atoms with van der Waals surface area (Å²) in [5.41, 5.74) is -0.308. The first-order chi connectivity index (χ1) is 12.1. The molecule has 0 aromatic carbocycles. The van der Waals surface area contributed by atoms with Gasteiger partial charge in [0.05, 0.1) is 12.1 Å². The predicted octanol–water partition coefficient (Wildman–Crippen LogP) is 3.31. The van der Waals surface area contributed by atoms with Gasteiger partial charge < -0.3 is 9.42 Å². The Morgan fingerprint density at radius 3 is 2.48 bits per heavy atom. The van der Waals surface area contributed by atoms with Crippen molar-refractivity contribution in [3.63, 3.8) is 0 Å². The van der Waals surface area contributed by atoms with E-state index in [1.807, 2.05) is 6.92 Å². The first kappa shape index (κ1) is 18.4. The molecule has 6 nitrogen and oxygen atoms in total. The van der Waals surface area contributed by atoms with Crippen LogP contribution in [0.1, 0.15) is 82.8 Å². The Morgan fingerprint density at radius 1 is 1.20 bits per heavy atom. The van der Waals surface area contributed by atoms with Crippen LogP contribution in [0.2, 0.25) is 0 Å². The Bertz CT molecular complexity index is 560. The Balaban J connectivity index is 1.66. The van der Waals surface area contributed by atoms with Gasteiger partial charge in [-0.1, -0.05) is 43.7 Å². The van der Waals surface area contributed by atoms with E-state index < -0.39 is 0 Å². The number of rotatable bonds is 6. The molecule has 0 atom stereocenters. The summed E-state index contributed by atoms with van der Waals surface area (Å²) in [6, 6.07) is 0.419. The Morgan fingerprint density at radius 2 is 1.88 bits per heavy atom. The first-order valence-electron chi connectivity index (χ1n) is 10.00. The maximum atomic E-state index is 12.9. The van der Waals surface area contributed by atoms with Crippen molar-refractivity contribution >= 4 is 5.91 Å². The van der Waals surface area contributed by atoms with Gasteiger partial charge in [-0.05, 0) is 32.6 Å². The summed E-state index contributed by atoms with van der Waals surface area (Å²) >= 11 is 0. The van der Waals surface area contributed by atoms with Crippen LogP contribution in [0.5, 0.6) is 0 Å². The number of amides is 1. The monoisotopic (exact) mass is 348 g/mol. The van der Waals surface area contributed by atoms with E-state index in [0.717, 1.165) is 50.9 Å². The highest BCUT2D eigenvalue weighted by Crippen LogP contribution is 2.35. The highest BCUT2D eigenvalue weighted by Gasteiger charge is 2.38. The maximum Gasteiger partial charge on any atom is 0.236 e. The van der Waals surface area contributed by atoms with Crippen LogP contribution in [0.4, 0.5) is 0 Å². The fourth-order valence-electron chi connectivity index (χ4n) is 4.51. The van der Waals surface area contributed by atoms with Crippen molar-refractivity contribution in [3.8, 4) is 0 Å². The molecule has 0 radical (unpaired) electrons. The molecule has 2 aliphatic rings. The van der Waals surface area contributed by atoms with Crippen molar-refractivity contribution in [1.29, 1.82) is 0 Å². The van der Waals surface area contributed by atoms with Crippen LogP contribution in [0, 0.1) is 6.92 Å². The number of hydrogen-bond acceptors (Lipinski definition) is 5. The van der Waals surface area contributed by atoms with Gasteiger partial charge in [-0.25, -0.2) is 0 Å². The molecule has 1 heterocycles. The Kier molecular flexibility index (Phi) is 6.10. The van der Waals surface area contributed by atoms with Gasteiger partial charge in [0.1, 0.15) is 0 Å². The van der Waals surface area contributed by atoms with Crippen LogP contribution in [0.15, 0.2) is 4.52 Å². The molecule has 2 fully saturated rings. The first-order valence-corrected chi connectivity index (χ1v) is 10.00. The lowest BCUT2D eigenvalue weighted by Crippen LogP contribution is -2.51. The number of likely N-dealkylation sites (N-methyl/N-ethyl adjacent to an activating group) is 1. The van der Waals surface area contributed by atoms with Crippen LogP contribution in [-0.4, -0.2) is 40.1 Å². The molecule has 0 aliphatic heterocycles. The zero-order chi connectivity index (χ0) is 17.7. The van der Waals surface area contributed by atoms with Crippen molar-refractivity contribution in [1.82, 2.24) is 20.4 Å². The van der Waals surface area contributed by atoms with Gasteiger partial charge in [0.15, 0.2) is 5.82 Å². The van der Waals surface area contributed by atoms with Gasteiger partial charge in [0, 0.05) is 19.5 Å². The molecule has 1 aromatic heterocycles. The van der Waals surface area contributed by atoms with E-state index in [2.05, 4.69) is 27.3 Å². The molecule has 1 amide bonds. The lowest BCUT2D eigenvalue weighted by atomic mass is 9.81. The minimum atomic E-state index is -0.308. The lowest BCUT2D eigenvalue weighted by Gasteiger charge is -2.38. The molecule has 0 spiro atoms. The minimum Gasteiger partial charge on any atom is -0.340 e. The molecule has 3 rings (SSSR count). The second kappa shape index (κ2) is 8.30. The number of nitrogens with one attached hydrogen (secondary N) is 1. The molecule has 0 saturated heterocycles. The van der Waals surface area contributed by atoms with E-state index >= 15 is 0 Å². The highest BCUT2D eigenvalue weighted by atomic mass is 16.5. The van der Waals surface area contributed by atoms with Gasteiger partial charge in [0.25, 0.3) is 0 Å². The summed E-state index contributed by atoms with van der Waals surface area (Å²) < 4.78 is 5.22. The average molecular weight is 348 g/mol. The third-order valence-electron chi connectivity index (χ3n) is 5.92. The zero-order valence-corrected chi connectivity index (χ0v) is 15.7. The number of carbonyl (C=O) groups is 1. The Labute approximate surface area is 150 Å². The smallest absolute Gasteiger partial charge is 0.236 e. The number of aryl methyl sites for hydroxylation is 1. The van der Waals surface area contributed by atoms with Gasteiger partial charge in [0.2, 0.25) is 11.8 Å². The van der Waals surface area contributed by atoms with E-state index in [4.69, 9.17) is 4.52 Å². The lowest BCUT2D eigenvalue weighted by molar-refractivity contribution is -0.133. The van der Waals surface area contributed by atoms with Crippen LogP contribution in [0.25, 0.3) is 0 Å². The summed E-state index contributed by atoms with van der Waals surface area (Å²) in [6.45, 7) is 5.06. The zero-order valence-electron chi connectivity index (χ0n) is 15.7. The van der Waals surface area contributed by atoms with Gasteiger partial charge >= 0.3 is 0 Å². The molecule has 1 N–H and O–H groups in total. The maximum absolute atomic E-state index is 12.9. The minimum absolute atomic E-state index is 0.208. The van der Waals surface area contributed by atoms with E-state index in [0.29, 0.717) is 18.5 Å². The van der Waals surface area contributed by atoms with Crippen molar-refractivity contribution < 1.29 is 9.32 Å². The highest BCUT2D eigenvalue weighted by molar-refractivity contribution is 5.78. The molecule has 2 aliphatic carbocycles. The standard InChI is InChI=1S/C19H32N4O2/c1-3-23(16-10-6-4-7-11-16)17(24)14-20-19(12-8-5-9-13-19)18-21-15(2)25-22-18/h16,20H,3-14H2,1-2H3. The van der Waals surface area contributed by atoms with Crippen molar-refractivity contribution in [2.24, 2.45) is 0 Å². The van der Waals surface area contributed by atoms with E-state index in [9.17, 15) is 4.79 Å². The normalized spacial score (nSPS) is 21.2. The van der Waals surface area contributed by atoms with E-state index in [1.54, 1.807) is 0 Å². The SMILES string of the molecule is CCN(C(=O)CNC1(c2noc(C)n2)CCCCC1)C1CCCCC1. The molecular formula is C19H32N4O2. The summed E-state index contributed by atoms with van der Waals surface area (Å²) in [4.78, 5) is 19.4. The molecular weight excluding hydrogens is 316 g/mol. The molecule has 2 saturated carbocycles.